The Morgan fingerprint density at radius 2 is 1.97 bits per heavy atom. The van der Waals surface area contributed by atoms with E-state index in [1.165, 1.54) is 23.1 Å². The maximum absolute atomic E-state index is 14.2. The van der Waals surface area contributed by atoms with Gasteiger partial charge in [0.05, 0.1) is 25.0 Å². The normalized spacial score (nSPS) is 11.0. The van der Waals surface area contributed by atoms with Gasteiger partial charge >= 0.3 is 0 Å². The van der Waals surface area contributed by atoms with Crippen LogP contribution in [0, 0.1) is 11.6 Å². The van der Waals surface area contributed by atoms with Crippen molar-refractivity contribution in [2.45, 2.75) is 6.54 Å². The van der Waals surface area contributed by atoms with Gasteiger partial charge in [0.2, 0.25) is 0 Å². The van der Waals surface area contributed by atoms with Gasteiger partial charge in [0.1, 0.15) is 29.2 Å². The number of phenols is 1. The fraction of sp³-hybridized carbons (Fsp3) is 0.158. The molecule has 4 aromatic rings. The summed E-state index contributed by atoms with van der Waals surface area (Å²) in [7, 11) is 0. The highest BCUT2D eigenvalue weighted by atomic mass is 19.1. The van der Waals surface area contributed by atoms with E-state index in [-0.39, 0.29) is 42.7 Å². The van der Waals surface area contributed by atoms with Crippen LogP contribution < -0.4 is 5.32 Å². The number of anilines is 1. The maximum atomic E-state index is 14.2. The zero-order valence-electron chi connectivity index (χ0n) is 15.5. The van der Waals surface area contributed by atoms with Gasteiger partial charge in [-0.3, -0.25) is 4.68 Å². The Morgan fingerprint density at radius 3 is 2.70 bits per heavy atom. The summed E-state index contributed by atoms with van der Waals surface area (Å²) in [5.74, 6) is -1.39. The lowest BCUT2D eigenvalue weighted by molar-refractivity contribution is 0.310. The highest BCUT2D eigenvalue weighted by Crippen LogP contribution is 2.26. The first-order chi connectivity index (χ1) is 14.5. The predicted molar refractivity (Wildman–Crippen MR) is 101 cm³/mol. The lowest BCUT2D eigenvalue weighted by Crippen LogP contribution is -2.10. The number of rotatable bonds is 7. The minimum absolute atomic E-state index is 0.0329. The summed E-state index contributed by atoms with van der Waals surface area (Å²) in [6.07, 6.45) is 2.38. The molecule has 154 valence electrons. The topological polar surface area (TPSA) is 122 Å². The van der Waals surface area contributed by atoms with E-state index in [1.807, 2.05) is 0 Å². The monoisotopic (exact) mass is 414 g/mol. The average molecular weight is 414 g/mol. The van der Waals surface area contributed by atoms with Gasteiger partial charge in [0.25, 0.3) is 0 Å². The van der Waals surface area contributed by atoms with Gasteiger partial charge in [0.15, 0.2) is 17.5 Å². The van der Waals surface area contributed by atoms with Crippen LogP contribution in [0.15, 0.2) is 47.3 Å². The van der Waals surface area contributed by atoms with Crippen molar-refractivity contribution in [3.63, 3.8) is 0 Å². The van der Waals surface area contributed by atoms with Crippen LogP contribution in [-0.2, 0) is 6.54 Å². The average Bonchev–Trinajstić information content (AvgIpc) is 3.39. The number of halogens is 2. The number of hydrogen-bond acceptors (Lipinski definition) is 8. The highest BCUT2D eigenvalue weighted by molar-refractivity contribution is 5.63. The van der Waals surface area contributed by atoms with E-state index in [0.717, 1.165) is 12.3 Å². The summed E-state index contributed by atoms with van der Waals surface area (Å²) in [5, 5.41) is 29.3. The first kappa shape index (κ1) is 19.5. The molecule has 0 aliphatic rings. The number of aromatic hydroxyl groups is 1. The van der Waals surface area contributed by atoms with Crippen LogP contribution >= 0.6 is 0 Å². The Bertz CT molecular complexity index is 1160. The summed E-state index contributed by atoms with van der Waals surface area (Å²) < 4.78 is 34.5. The second-order valence-corrected chi connectivity index (χ2v) is 6.27. The summed E-state index contributed by atoms with van der Waals surface area (Å²) >= 11 is 0. The van der Waals surface area contributed by atoms with E-state index in [9.17, 15) is 13.9 Å². The van der Waals surface area contributed by atoms with Crippen molar-refractivity contribution in [3.8, 4) is 28.7 Å². The molecule has 1 aromatic carbocycles. The van der Waals surface area contributed by atoms with Gasteiger partial charge < -0.3 is 20.1 Å². The standard InChI is InChI=1S/C19H16F2N6O3/c20-13-7-12(29)2-1-11(13)10-27-17(15-3-6-30-26-15)8-16(25-27)19-23-9-14(21)18(24-19)22-4-5-28/h1-3,6-9,28-29H,4-5,10H2,(H,22,23,24). The van der Waals surface area contributed by atoms with Crippen LogP contribution in [0.5, 0.6) is 5.75 Å². The number of aliphatic hydroxyl groups is 1. The molecule has 0 aliphatic heterocycles. The zero-order chi connectivity index (χ0) is 21.1. The summed E-state index contributed by atoms with van der Waals surface area (Å²) in [4.78, 5) is 8.09. The molecule has 9 nitrogen and oxygen atoms in total. The van der Waals surface area contributed by atoms with E-state index in [1.54, 1.807) is 12.1 Å². The van der Waals surface area contributed by atoms with Crippen molar-refractivity contribution >= 4 is 5.82 Å². The van der Waals surface area contributed by atoms with Crippen molar-refractivity contribution < 1.29 is 23.5 Å². The lowest BCUT2D eigenvalue weighted by atomic mass is 10.2. The van der Waals surface area contributed by atoms with Crippen LogP contribution in [0.3, 0.4) is 0 Å². The molecule has 3 heterocycles. The first-order valence-electron chi connectivity index (χ1n) is 8.89. The lowest BCUT2D eigenvalue weighted by Gasteiger charge is -2.07. The zero-order valence-corrected chi connectivity index (χ0v) is 15.5. The predicted octanol–water partition coefficient (Wildman–Crippen LogP) is 2.43. The molecule has 0 aliphatic carbocycles. The van der Waals surface area contributed by atoms with E-state index < -0.39 is 11.6 Å². The number of aromatic nitrogens is 5. The molecule has 0 fully saturated rings. The van der Waals surface area contributed by atoms with Gasteiger partial charge in [-0.05, 0) is 12.1 Å². The molecule has 0 saturated carbocycles. The molecule has 3 aromatic heterocycles. The third kappa shape index (κ3) is 3.96. The van der Waals surface area contributed by atoms with Crippen molar-refractivity contribution in [2.75, 3.05) is 18.5 Å². The molecule has 4 rings (SSSR count). The molecular weight excluding hydrogens is 398 g/mol. The number of nitrogens with one attached hydrogen (secondary N) is 1. The Morgan fingerprint density at radius 1 is 1.10 bits per heavy atom. The molecule has 0 radical (unpaired) electrons. The number of phenolic OH excluding ortho intramolecular Hbond substituents is 1. The Kier molecular flexibility index (Phi) is 5.35. The highest BCUT2D eigenvalue weighted by Gasteiger charge is 2.18. The molecular formula is C19H16F2N6O3. The van der Waals surface area contributed by atoms with E-state index in [0.29, 0.717) is 17.1 Å². The second-order valence-electron chi connectivity index (χ2n) is 6.27. The van der Waals surface area contributed by atoms with Crippen molar-refractivity contribution in [1.82, 2.24) is 24.9 Å². The van der Waals surface area contributed by atoms with E-state index in [2.05, 4.69) is 25.5 Å². The van der Waals surface area contributed by atoms with Gasteiger partial charge in [-0.2, -0.15) is 5.10 Å². The van der Waals surface area contributed by atoms with Gasteiger partial charge in [-0.1, -0.05) is 11.2 Å². The molecule has 0 atom stereocenters. The number of aliphatic hydroxyl groups excluding tert-OH is 1. The molecule has 0 unspecified atom stereocenters. The molecule has 11 heteroatoms. The molecule has 0 amide bonds. The van der Waals surface area contributed by atoms with Crippen LogP contribution in [-0.4, -0.2) is 48.3 Å². The fourth-order valence-corrected chi connectivity index (χ4v) is 2.81. The largest absolute Gasteiger partial charge is 0.508 e. The van der Waals surface area contributed by atoms with Crippen LogP contribution in [0.1, 0.15) is 5.56 Å². The van der Waals surface area contributed by atoms with E-state index >= 15 is 0 Å². The molecule has 3 N–H and O–H groups in total. The minimum atomic E-state index is -0.672. The first-order valence-corrected chi connectivity index (χ1v) is 8.89. The molecule has 0 bridgehead atoms. The number of nitrogens with zero attached hydrogens (tertiary/aromatic N) is 5. The Labute approximate surface area is 168 Å². The molecule has 0 saturated heterocycles. The summed E-state index contributed by atoms with van der Waals surface area (Å²) in [6.45, 7) is -0.0425. The maximum Gasteiger partial charge on any atom is 0.183 e. The molecule has 0 spiro atoms. The summed E-state index contributed by atoms with van der Waals surface area (Å²) in [6, 6.07) is 7.08. The Hall–Kier alpha value is -3.86. The second kappa shape index (κ2) is 8.25. The smallest absolute Gasteiger partial charge is 0.183 e. The van der Waals surface area contributed by atoms with Crippen LogP contribution in [0.2, 0.25) is 0 Å². The van der Waals surface area contributed by atoms with E-state index in [4.69, 9.17) is 9.63 Å². The van der Waals surface area contributed by atoms with Crippen molar-refractivity contribution in [3.05, 3.63) is 60.0 Å². The van der Waals surface area contributed by atoms with Crippen LogP contribution in [0.25, 0.3) is 22.9 Å². The number of benzene rings is 1. The number of hydrogen-bond donors (Lipinski definition) is 3. The quantitative estimate of drug-likeness (QED) is 0.422. The summed E-state index contributed by atoms with van der Waals surface area (Å²) in [5.41, 5.74) is 1.55. The fourth-order valence-electron chi connectivity index (χ4n) is 2.81. The van der Waals surface area contributed by atoms with Crippen molar-refractivity contribution in [1.29, 1.82) is 0 Å². The van der Waals surface area contributed by atoms with Crippen molar-refractivity contribution in [2.24, 2.45) is 0 Å². The van der Waals surface area contributed by atoms with Gasteiger partial charge in [0, 0.05) is 24.2 Å². The van der Waals surface area contributed by atoms with Gasteiger partial charge in [-0.15, -0.1) is 0 Å². The minimum Gasteiger partial charge on any atom is -0.508 e. The molecule has 30 heavy (non-hydrogen) atoms. The third-order valence-electron chi connectivity index (χ3n) is 4.21. The van der Waals surface area contributed by atoms with Crippen LogP contribution in [0.4, 0.5) is 14.6 Å². The SMILES string of the molecule is OCCNc1nc(-c2cc(-c3ccon3)n(Cc3ccc(O)cc3F)n2)ncc1F. The Balaban J connectivity index is 1.75. The van der Waals surface area contributed by atoms with Gasteiger partial charge in [-0.25, -0.2) is 18.7 Å². The third-order valence-corrected chi connectivity index (χ3v) is 4.21.